The van der Waals surface area contributed by atoms with E-state index in [0.717, 1.165) is 52.1 Å². The maximum Gasteiger partial charge on any atom is 0.251 e. The first-order valence-corrected chi connectivity index (χ1v) is 9.87. The van der Waals surface area contributed by atoms with Crippen LogP contribution in [-0.2, 0) is 0 Å². The standard InChI is InChI=1S/C19H28ClN3O3/c1-2-22-7-9-23(10-8-22)6-4-3-5-21-19(24)15-13-16(20)18-17(14-15)25-11-12-26-18/h13-14H,2-12H2,1H3,(H,21,24). The lowest BCUT2D eigenvalue weighted by molar-refractivity contribution is 0.0950. The minimum Gasteiger partial charge on any atom is -0.486 e. The van der Waals surface area contributed by atoms with E-state index in [1.54, 1.807) is 12.1 Å². The summed E-state index contributed by atoms with van der Waals surface area (Å²) in [7, 11) is 0. The zero-order valence-electron chi connectivity index (χ0n) is 15.4. The van der Waals surface area contributed by atoms with Gasteiger partial charge in [-0.3, -0.25) is 4.79 Å². The number of amides is 1. The van der Waals surface area contributed by atoms with Crippen molar-refractivity contribution < 1.29 is 14.3 Å². The number of likely N-dealkylation sites (N-methyl/N-ethyl adjacent to an activating group) is 1. The van der Waals surface area contributed by atoms with Crippen LogP contribution in [0, 0.1) is 0 Å². The maximum absolute atomic E-state index is 12.3. The molecule has 0 aliphatic carbocycles. The van der Waals surface area contributed by atoms with Crippen molar-refractivity contribution in [3.63, 3.8) is 0 Å². The van der Waals surface area contributed by atoms with Gasteiger partial charge in [0, 0.05) is 38.3 Å². The number of hydrogen-bond donors (Lipinski definition) is 1. The monoisotopic (exact) mass is 381 g/mol. The number of hydrogen-bond acceptors (Lipinski definition) is 5. The average molecular weight is 382 g/mol. The van der Waals surface area contributed by atoms with Gasteiger partial charge in [-0.2, -0.15) is 0 Å². The fourth-order valence-electron chi connectivity index (χ4n) is 3.34. The Morgan fingerprint density at radius 2 is 1.85 bits per heavy atom. The Balaban J connectivity index is 1.37. The van der Waals surface area contributed by atoms with Gasteiger partial charge in [0.1, 0.15) is 13.2 Å². The second-order valence-corrected chi connectivity index (χ2v) is 7.13. The third-order valence-corrected chi connectivity index (χ3v) is 5.24. The molecule has 3 rings (SSSR count). The zero-order chi connectivity index (χ0) is 18.4. The molecule has 0 unspecified atom stereocenters. The van der Waals surface area contributed by atoms with E-state index >= 15 is 0 Å². The van der Waals surface area contributed by atoms with Crippen LogP contribution >= 0.6 is 11.6 Å². The molecule has 0 bridgehead atoms. The van der Waals surface area contributed by atoms with Crippen molar-refractivity contribution in [2.24, 2.45) is 0 Å². The number of nitrogens with one attached hydrogen (secondary N) is 1. The number of piperazine rings is 1. The van der Waals surface area contributed by atoms with Crippen molar-refractivity contribution in [3.05, 3.63) is 22.7 Å². The molecule has 2 aliphatic heterocycles. The fraction of sp³-hybridized carbons (Fsp3) is 0.632. The summed E-state index contributed by atoms with van der Waals surface area (Å²) in [6, 6.07) is 3.33. The molecule has 7 heteroatoms. The van der Waals surface area contributed by atoms with Crippen molar-refractivity contribution in [1.29, 1.82) is 0 Å². The Hall–Kier alpha value is -1.50. The minimum absolute atomic E-state index is 0.125. The van der Waals surface area contributed by atoms with Gasteiger partial charge in [-0.25, -0.2) is 0 Å². The molecular formula is C19H28ClN3O3. The number of carbonyl (C=O) groups excluding carboxylic acids is 1. The zero-order valence-corrected chi connectivity index (χ0v) is 16.2. The van der Waals surface area contributed by atoms with Gasteiger partial charge in [-0.1, -0.05) is 18.5 Å². The van der Waals surface area contributed by atoms with Crippen LogP contribution in [0.4, 0.5) is 0 Å². The molecule has 0 radical (unpaired) electrons. The highest BCUT2D eigenvalue weighted by molar-refractivity contribution is 6.32. The third kappa shape index (κ3) is 5.02. The van der Waals surface area contributed by atoms with Crippen molar-refractivity contribution in [3.8, 4) is 11.5 Å². The van der Waals surface area contributed by atoms with Crippen LogP contribution in [0.15, 0.2) is 12.1 Å². The summed E-state index contributed by atoms with van der Waals surface area (Å²) in [5, 5.41) is 3.38. The van der Waals surface area contributed by atoms with Gasteiger partial charge in [0.15, 0.2) is 11.5 Å². The summed E-state index contributed by atoms with van der Waals surface area (Å²) in [4.78, 5) is 17.3. The Morgan fingerprint density at radius 3 is 2.62 bits per heavy atom. The normalized spacial score (nSPS) is 17.9. The number of ether oxygens (including phenoxy) is 2. The molecule has 2 heterocycles. The SMILES string of the molecule is CCN1CCN(CCCCNC(=O)c2cc(Cl)c3c(c2)OCCO3)CC1. The maximum atomic E-state index is 12.3. The summed E-state index contributed by atoms with van der Waals surface area (Å²) in [6.45, 7) is 10.7. The van der Waals surface area contributed by atoms with Crippen LogP contribution in [0.25, 0.3) is 0 Å². The van der Waals surface area contributed by atoms with Gasteiger partial charge >= 0.3 is 0 Å². The van der Waals surface area contributed by atoms with Crippen LogP contribution in [0.5, 0.6) is 11.5 Å². The van der Waals surface area contributed by atoms with E-state index in [1.165, 1.54) is 0 Å². The van der Waals surface area contributed by atoms with E-state index in [1.807, 2.05) is 0 Å². The molecule has 26 heavy (non-hydrogen) atoms. The van der Waals surface area contributed by atoms with E-state index in [2.05, 4.69) is 22.0 Å². The molecule has 1 N–H and O–H groups in total. The van der Waals surface area contributed by atoms with Crippen LogP contribution in [-0.4, -0.2) is 74.7 Å². The lowest BCUT2D eigenvalue weighted by atomic mass is 10.1. The molecule has 1 aromatic rings. The Morgan fingerprint density at radius 1 is 1.12 bits per heavy atom. The van der Waals surface area contributed by atoms with Crippen molar-refractivity contribution >= 4 is 17.5 Å². The van der Waals surface area contributed by atoms with Gasteiger partial charge in [-0.15, -0.1) is 0 Å². The largest absolute Gasteiger partial charge is 0.486 e. The number of nitrogens with zero attached hydrogens (tertiary/aromatic N) is 2. The highest BCUT2D eigenvalue weighted by atomic mass is 35.5. The van der Waals surface area contributed by atoms with E-state index < -0.39 is 0 Å². The summed E-state index contributed by atoms with van der Waals surface area (Å²) >= 11 is 6.19. The lowest BCUT2D eigenvalue weighted by Gasteiger charge is -2.33. The molecule has 0 spiro atoms. The molecular weight excluding hydrogens is 354 g/mol. The Kier molecular flexibility index (Phi) is 7.00. The first-order chi connectivity index (χ1) is 12.7. The molecule has 1 fully saturated rings. The predicted molar refractivity (Wildman–Crippen MR) is 103 cm³/mol. The Bertz CT molecular complexity index is 618. The molecule has 0 aromatic heterocycles. The van der Waals surface area contributed by atoms with E-state index in [0.29, 0.717) is 41.8 Å². The molecule has 0 saturated carbocycles. The molecule has 0 atom stereocenters. The topological polar surface area (TPSA) is 54.0 Å². The van der Waals surface area contributed by atoms with Crippen LogP contribution in [0.2, 0.25) is 5.02 Å². The highest BCUT2D eigenvalue weighted by Crippen LogP contribution is 2.38. The summed E-state index contributed by atoms with van der Waals surface area (Å²) < 4.78 is 11.0. The first-order valence-electron chi connectivity index (χ1n) is 9.49. The summed E-state index contributed by atoms with van der Waals surface area (Å²) in [6.07, 6.45) is 2.06. The van der Waals surface area contributed by atoms with Gasteiger partial charge in [0.05, 0.1) is 5.02 Å². The van der Waals surface area contributed by atoms with E-state index in [9.17, 15) is 4.79 Å². The molecule has 144 valence electrons. The van der Waals surface area contributed by atoms with Crippen LogP contribution in [0.1, 0.15) is 30.1 Å². The van der Waals surface area contributed by atoms with Crippen LogP contribution < -0.4 is 14.8 Å². The summed E-state index contributed by atoms with van der Waals surface area (Å²) in [5.74, 6) is 0.943. The quantitative estimate of drug-likeness (QED) is 0.734. The van der Waals surface area contributed by atoms with E-state index in [4.69, 9.17) is 21.1 Å². The second-order valence-electron chi connectivity index (χ2n) is 6.72. The van der Waals surface area contributed by atoms with Crippen LogP contribution in [0.3, 0.4) is 0 Å². The second kappa shape index (κ2) is 9.44. The number of fused-ring (bicyclic) bond motifs is 1. The molecule has 1 aromatic carbocycles. The molecule has 6 nitrogen and oxygen atoms in total. The smallest absolute Gasteiger partial charge is 0.251 e. The van der Waals surface area contributed by atoms with Gasteiger partial charge in [0.25, 0.3) is 5.91 Å². The minimum atomic E-state index is -0.125. The number of halogens is 1. The highest BCUT2D eigenvalue weighted by Gasteiger charge is 2.19. The van der Waals surface area contributed by atoms with Crippen molar-refractivity contribution in [2.45, 2.75) is 19.8 Å². The number of rotatable bonds is 7. The predicted octanol–water partition coefficient (Wildman–Crippen LogP) is 2.26. The number of benzene rings is 1. The molecule has 1 saturated heterocycles. The molecule has 2 aliphatic rings. The number of unbranched alkanes of at least 4 members (excludes halogenated alkanes) is 1. The fourth-order valence-corrected chi connectivity index (χ4v) is 3.60. The molecule has 1 amide bonds. The lowest BCUT2D eigenvalue weighted by Crippen LogP contribution is -2.46. The summed E-state index contributed by atoms with van der Waals surface area (Å²) in [5.41, 5.74) is 0.509. The van der Waals surface area contributed by atoms with E-state index in [-0.39, 0.29) is 5.91 Å². The third-order valence-electron chi connectivity index (χ3n) is 4.96. The van der Waals surface area contributed by atoms with Gasteiger partial charge in [-0.05, 0) is 38.1 Å². The number of carbonyl (C=O) groups is 1. The first kappa shape index (κ1) is 19.3. The Labute approximate surface area is 160 Å². The van der Waals surface area contributed by atoms with Gasteiger partial charge < -0.3 is 24.6 Å². The van der Waals surface area contributed by atoms with Crippen molar-refractivity contribution in [2.75, 3.05) is 59.0 Å². The van der Waals surface area contributed by atoms with Gasteiger partial charge in [0.2, 0.25) is 0 Å². The average Bonchev–Trinajstić information content (AvgIpc) is 2.68. The van der Waals surface area contributed by atoms with Crippen molar-refractivity contribution in [1.82, 2.24) is 15.1 Å².